The molecule has 0 spiro atoms. The molecular formula is C3HBF6. The summed E-state index contributed by atoms with van der Waals surface area (Å²) < 4.78 is 67.1. The highest BCUT2D eigenvalue weighted by atomic mass is 19.4. The Balaban J connectivity index is 4.40. The minimum absolute atomic E-state index is 3.59. The molecule has 10 heavy (non-hydrogen) atoms. The van der Waals surface area contributed by atoms with Gasteiger partial charge >= 0.3 is 6.18 Å². The third-order valence-electron chi connectivity index (χ3n) is 0.752. The fourth-order valence-corrected chi connectivity index (χ4v) is 0.124. The quantitative estimate of drug-likeness (QED) is 0.406. The maximum atomic E-state index is 11.6. The highest BCUT2D eigenvalue weighted by Gasteiger charge is 2.57. The zero-order chi connectivity index (χ0) is 8.58. The largest absolute Gasteiger partial charge is 0.418 e. The van der Waals surface area contributed by atoms with E-state index in [9.17, 15) is 26.3 Å². The van der Waals surface area contributed by atoms with Crippen molar-refractivity contribution in [3.8, 4) is 0 Å². The molecule has 0 aromatic heterocycles. The first-order chi connectivity index (χ1) is 4.19. The van der Waals surface area contributed by atoms with Crippen LogP contribution in [0.5, 0.6) is 0 Å². The van der Waals surface area contributed by atoms with Crippen LogP contribution in [0.25, 0.3) is 0 Å². The van der Waals surface area contributed by atoms with Crippen LogP contribution in [-0.4, -0.2) is 26.0 Å². The Bertz CT molecular complexity index is 115. The van der Waals surface area contributed by atoms with Crippen molar-refractivity contribution in [3.63, 3.8) is 0 Å². The number of rotatable bonds is 1. The lowest BCUT2D eigenvalue weighted by atomic mass is 9.83. The fourth-order valence-electron chi connectivity index (χ4n) is 0.124. The van der Waals surface area contributed by atoms with E-state index in [0.717, 1.165) is 0 Å². The minimum atomic E-state index is -5.72. The Kier molecular flexibility index (Phi) is 2.27. The first kappa shape index (κ1) is 9.64. The van der Waals surface area contributed by atoms with Crippen molar-refractivity contribution >= 4 is 7.85 Å². The second-order valence-corrected chi connectivity index (χ2v) is 1.57. The third kappa shape index (κ3) is 1.57. The topological polar surface area (TPSA) is 0 Å². The van der Waals surface area contributed by atoms with Gasteiger partial charge in [0.1, 0.15) is 7.85 Å². The summed E-state index contributed by atoms with van der Waals surface area (Å²) in [6.07, 6.45) is -9.98. The average molecular weight is 162 g/mol. The summed E-state index contributed by atoms with van der Waals surface area (Å²) in [7, 11) is 3.59. The van der Waals surface area contributed by atoms with E-state index in [0.29, 0.717) is 0 Å². The van der Waals surface area contributed by atoms with Crippen LogP contribution in [0.3, 0.4) is 0 Å². The first-order valence-electron chi connectivity index (χ1n) is 2.02. The van der Waals surface area contributed by atoms with Crippen LogP contribution < -0.4 is 0 Å². The van der Waals surface area contributed by atoms with Crippen LogP contribution in [0.15, 0.2) is 0 Å². The molecule has 0 aliphatic carbocycles. The molecule has 0 saturated heterocycles. The van der Waals surface area contributed by atoms with E-state index in [1.54, 1.807) is 0 Å². The lowest BCUT2D eigenvalue weighted by Gasteiger charge is -2.22. The Morgan fingerprint density at radius 2 is 1.30 bits per heavy atom. The molecule has 0 amide bonds. The lowest BCUT2D eigenvalue weighted by molar-refractivity contribution is -0.232. The minimum Gasteiger partial charge on any atom is -0.239 e. The molecule has 0 bridgehead atoms. The molecule has 0 aliphatic rings. The van der Waals surface area contributed by atoms with Gasteiger partial charge in [0.15, 0.2) is 0 Å². The number of hydrogen-bond acceptors (Lipinski definition) is 0. The van der Waals surface area contributed by atoms with Crippen LogP contribution >= 0.6 is 0 Å². The number of hydrogen-bond donors (Lipinski definition) is 0. The van der Waals surface area contributed by atoms with E-state index < -0.39 is 18.2 Å². The summed E-state index contributed by atoms with van der Waals surface area (Å²) in [5, 5.41) is 0. The van der Waals surface area contributed by atoms with E-state index >= 15 is 0 Å². The molecule has 0 saturated carbocycles. The van der Waals surface area contributed by atoms with Crippen LogP contribution in [0, 0.1) is 0 Å². The standard InChI is InChI=1S/C3HBF6/c4-2(7,1(5)6)3(8,9)10/h1H. The molecule has 0 nitrogen and oxygen atoms in total. The van der Waals surface area contributed by atoms with Crippen LogP contribution in [0.1, 0.15) is 0 Å². The smallest absolute Gasteiger partial charge is 0.239 e. The molecule has 0 aromatic rings. The van der Waals surface area contributed by atoms with Crippen molar-refractivity contribution in [1.82, 2.24) is 0 Å². The maximum absolute atomic E-state index is 11.6. The van der Waals surface area contributed by atoms with Gasteiger partial charge in [-0.1, -0.05) is 0 Å². The summed E-state index contributed by atoms with van der Waals surface area (Å²) >= 11 is 0. The van der Waals surface area contributed by atoms with E-state index in [1.807, 2.05) is 0 Å². The maximum Gasteiger partial charge on any atom is 0.418 e. The molecular weight excluding hydrogens is 161 g/mol. The zero-order valence-electron chi connectivity index (χ0n) is 4.42. The van der Waals surface area contributed by atoms with Gasteiger partial charge in [-0.25, -0.2) is 13.2 Å². The van der Waals surface area contributed by atoms with Crippen molar-refractivity contribution in [2.24, 2.45) is 0 Å². The molecule has 0 aromatic carbocycles. The predicted molar refractivity (Wildman–Crippen MR) is 21.7 cm³/mol. The molecule has 0 N–H and O–H groups in total. The van der Waals surface area contributed by atoms with Crippen molar-refractivity contribution < 1.29 is 26.3 Å². The van der Waals surface area contributed by atoms with Crippen LogP contribution in [0.4, 0.5) is 26.3 Å². The van der Waals surface area contributed by atoms with Crippen molar-refractivity contribution in [3.05, 3.63) is 0 Å². The molecule has 1 unspecified atom stereocenters. The SMILES string of the molecule is [B]C(F)(C(F)F)C(F)(F)F. The molecule has 1 atom stereocenters. The van der Waals surface area contributed by atoms with Gasteiger partial charge in [0.25, 0.3) is 6.43 Å². The molecule has 58 valence electrons. The number of alkyl halides is 6. The van der Waals surface area contributed by atoms with Gasteiger partial charge in [0, 0.05) is 0 Å². The van der Waals surface area contributed by atoms with E-state index in [2.05, 4.69) is 7.85 Å². The highest BCUT2D eigenvalue weighted by Crippen LogP contribution is 2.35. The summed E-state index contributed by atoms with van der Waals surface area (Å²) in [6.45, 7) is 0. The van der Waals surface area contributed by atoms with Gasteiger partial charge in [-0.2, -0.15) is 13.2 Å². The first-order valence-corrected chi connectivity index (χ1v) is 2.02. The van der Waals surface area contributed by atoms with Gasteiger partial charge in [-0.05, 0) is 0 Å². The lowest BCUT2D eigenvalue weighted by Crippen LogP contribution is -2.47. The van der Waals surface area contributed by atoms with E-state index in [4.69, 9.17) is 0 Å². The molecule has 0 aliphatic heterocycles. The van der Waals surface area contributed by atoms with Gasteiger partial charge in [0.05, 0.1) is 0 Å². The third-order valence-corrected chi connectivity index (χ3v) is 0.752. The summed E-state index contributed by atoms with van der Waals surface area (Å²) in [6, 6.07) is 0. The molecule has 0 rings (SSSR count). The summed E-state index contributed by atoms with van der Waals surface area (Å²) in [4.78, 5) is 0. The molecule has 7 heteroatoms. The normalized spacial score (nSPS) is 19.1. The van der Waals surface area contributed by atoms with Crippen LogP contribution in [-0.2, 0) is 0 Å². The Morgan fingerprint density at radius 1 is 1.00 bits per heavy atom. The highest BCUT2D eigenvalue weighted by molar-refractivity contribution is 6.15. The summed E-state index contributed by atoms with van der Waals surface area (Å²) in [5.41, 5.74) is -4.90. The summed E-state index contributed by atoms with van der Waals surface area (Å²) in [5.74, 6) is 0. The van der Waals surface area contributed by atoms with Gasteiger partial charge in [-0.15, -0.1) is 0 Å². The van der Waals surface area contributed by atoms with Gasteiger partial charge in [0.2, 0.25) is 5.57 Å². The Hall–Kier alpha value is -0.355. The second-order valence-electron chi connectivity index (χ2n) is 1.57. The molecule has 2 radical (unpaired) electrons. The monoisotopic (exact) mass is 162 g/mol. The molecule has 0 fully saturated rings. The van der Waals surface area contributed by atoms with Gasteiger partial charge in [-0.3, -0.25) is 0 Å². The zero-order valence-corrected chi connectivity index (χ0v) is 4.42. The van der Waals surface area contributed by atoms with E-state index in [1.165, 1.54) is 0 Å². The predicted octanol–water partition coefficient (Wildman–Crippen LogP) is 1.65. The van der Waals surface area contributed by atoms with Crippen molar-refractivity contribution in [1.29, 1.82) is 0 Å². The van der Waals surface area contributed by atoms with Crippen molar-refractivity contribution in [2.75, 3.05) is 0 Å². The average Bonchev–Trinajstić information content (AvgIpc) is 1.62. The molecule has 0 heterocycles. The Morgan fingerprint density at radius 3 is 1.30 bits per heavy atom. The van der Waals surface area contributed by atoms with Crippen molar-refractivity contribution in [2.45, 2.75) is 18.2 Å². The number of halogens is 6. The Labute approximate surface area is 53.6 Å². The fraction of sp³-hybridized carbons (Fsp3) is 1.00. The van der Waals surface area contributed by atoms with E-state index in [-0.39, 0.29) is 0 Å². The van der Waals surface area contributed by atoms with Crippen LogP contribution in [0.2, 0.25) is 0 Å². The second kappa shape index (κ2) is 2.36. The van der Waals surface area contributed by atoms with Gasteiger partial charge < -0.3 is 0 Å².